The number of rotatable bonds is 5. The molecule has 1 unspecified atom stereocenters. The molecule has 3 heteroatoms. The molecule has 0 fully saturated rings. The predicted octanol–water partition coefficient (Wildman–Crippen LogP) is 5.34. The molecular formula is C17H28OSSi. The molecule has 0 aliphatic heterocycles. The van der Waals surface area contributed by atoms with Crippen molar-refractivity contribution in [2.45, 2.75) is 57.8 Å². The van der Waals surface area contributed by atoms with Crippen molar-refractivity contribution in [2.24, 2.45) is 5.41 Å². The van der Waals surface area contributed by atoms with E-state index in [0.717, 1.165) is 6.42 Å². The Balaban J connectivity index is 2.86. The van der Waals surface area contributed by atoms with Crippen LogP contribution in [0.15, 0.2) is 45.8 Å². The van der Waals surface area contributed by atoms with Gasteiger partial charge in [0.1, 0.15) is 0 Å². The molecule has 1 nitrogen and oxygen atoms in total. The molecule has 0 bridgehead atoms. The summed E-state index contributed by atoms with van der Waals surface area (Å²) in [5.41, 5.74) is -0.0571. The lowest BCUT2D eigenvalue weighted by Crippen LogP contribution is -2.27. The highest BCUT2D eigenvalue weighted by Crippen LogP contribution is 2.34. The van der Waals surface area contributed by atoms with Crippen LogP contribution in [0.1, 0.15) is 27.2 Å². The maximum atomic E-state index is 10.2. The summed E-state index contributed by atoms with van der Waals surface area (Å²) < 4.78 is 1.45. The number of aliphatic hydroxyl groups excluding tert-OH is 1. The summed E-state index contributed by atoms with van der Waals surface area (Å²) in [5, 5.41) is 10.2. The monoisotopic (exact) mass is 308 g/mol. The molecule has 1 rings (SSSR count). The number of hydrogen-bond acceptors (Lipinski definition) is 2. The van der Waals surface area contributed by atoms with Gasteiger partial charge in [0.25, 0.3) is 0 Å². The van der Waals surface area contributed by atoms with Crippen LogP contribution < -0.4 is 0 Å². The van der Waals surface area contributed by atoms with E-state index in [0.29, 0.717) is 0 Å². The lowest BCUT2D eigenvalue weighted by molar-refractivity contribution is 0.0659. The molecule has 1 aromatic carbocycles. The zero-order chi connectivity index (χ0) is 15.4. The van der Waals surface area contributed by atoms with Crippen LogP contribution in [0.5, 0.6) is 0 Å². The molecule has 0 aromatic heterocycles. The van der Waals surface area contributed by atoms with E-state index in [-0.39, 0.29) is 11.5 Å². The fourth-order valence-electron chi connectivity index (χ4n) is 1.69. The first-order chi connectivity index (χ1) is 9.10. The van der Waals surface area contributed by atoms with E-state index in [9.17, 15) is 5.11 Å². The van der Waals surface area contributed by atoms with Gasteiger partial charge < -0.3 is 5.11 Å². The summed E-state index contributed by atoms with van der Waals surface area (Å²) in [7, 11) is -1.38. The van der Waals surface area contributed by atoms with Crippen LogP contribution in [-0.4, -0.2) is 19.3 Å². The normalized spacial score (nSPS) is 15.2. The molecule has 1 atom stereocenters. The van der Waals surface area contributed by atoms with Crippen LogP contribution in [-0.2, 0) is 0 Å². The van der Waals surface area contributed by atoms with Crippen LogP contribution >= 0.6 is 11.8 Å². The van der Waals surface area contributed by atoms with Crippen LogP contribution in [0.25, 0.3) is 0 Å². The average molecular weight is 309 g/mol. The van der Waals surface area contributed by atoms with E-state index in [1.54, 1.807) is 0 Å². The van der Waals surface area contributed by atoms with Gasteiger partial charge in [0.05, 0.1) is 14.2 Å². The highest BCUT2D eigenvalue weighted by atomic mass is 32.2. The molecule has 20 heavy (non-hydrogen) atoms. The van der Waals surface area contributed by atoms with Gasteiger partial charge in [0, 0.05) is 4.90 Å². The summed E-state index contributed by atoms with van der Waals surface area (Å²) in [5.74, 6) is 0. The second-order valence-corrected chi connectivity index (χ2v) is 13.9. The maximum absolute atomic E-state index is 10.2. The maximum Gasteiger partial charge on any atom is 0.0857 e. The lowest BCUT2D eigenvalue weighted by Gasteiger charge is -2.26. The number of hydrogen-bond donors (Lipinski definition) is 1. The van der Waals surface area contributed by atoms with Gasteiger partial charge in [-0.2, -0.15) is 0 Å². The van der Waals surface area contributed by atoms with Crippen molar-refractivity contribution in [2.75, 3.05) is 0 Å². The van der Waals surface area contributed by atoms with Gasteiger partial charge in [-0.15, -0.1) is 0 Å². The van der Waals surface area contributed by atoms with Gasteiger partial charge in [-0.3, -0.25) is 0 Å². The Morgan fingerprint density at radius 2 is 1.75 bits per heavy atom. The van der Waals surface area contributed by atoms with Gasteiger partial charge in [-0.25, -0.2) is 0 Å². The van der Waals surface area contributed by atoms with Gasteiger partial charge in [-0.1, -0.05) is 76.4 Å². The molecule has 0 spiro atoms. The molecule has 0 amide bonds. The summed E-state index contributed by atoms with van der Waals surface area (Å²) in [6.45, 7) is 13.3. The van der Waals surface area contributed by atoms with Crippen molar-refractivity contribution >= 4 is 19.8 Å². The van der Waals surface area contributed by atoms with Gasteiger partial charge >= 0.3 is 0 Å². The molecule has 0 aliphatic carbocycles. The fourth-order valence-corrected chi connectivity index (χ4v) is 4.72. The first-order valence-corrected chi connectivity index (χ1v) is 11.5. The van der Waals surface area contributed by atoms with Crippen molar-refractivity contribution in [3.8, 4) is 0 Å². The second-order valence-electron chi connectivity index (χ2n) is 7.35. The van der Waals surface area contributed by atoms with Crippen molar-refractivity contribution in [3.63, 3.8) is 0 Å². The molecule has 1 N–H and O–H groups in total. The quantitative estimate of drug-likeness (QED) is 0.585. The summed E-state index contributed by atoms with van der Waals surface area (Å²) in [6.07, 6.45) is 2.72. The molecular weight excluding hydrogens is 280 g/mol. The molecule has 0 radical (unpaired) electrons. The van der Waals surface area contributed by atoms with E-state index in [2.05, 4.69) is 70.8 Å². The van der Waals surface area contributed by atoms with Crippen molar-refractivity contribution in [1.82, 2.24) is 0 Å². The highest BCUT2D eigenvalue weighted by molar-refractivity contribution is 8.05. The Morgan fingerprint density at radius 1 is 1.20 bits per heavy atom. The Labute approximate surface area is 129 Å². The molecule has 0 saturated carbocycles. The Morgan fingerprint density at radius 3 is 2.20 bits per heavy atom. The lowest BCUT2D eigenvalue weighted by atomic mass is 9.87. The number of benzene rings is 1. The van der Waals surface area contributed by atoms with Crippen LogP contribution in [0.4, 0.5) is 0 Å². The summed E-state index contributed by atoms with van der Waals surface area (Å²) in [6, 6.07) is 10.5. The van der Waals surface area contributed by atoms with E-state index in [1.807, 2.05) is 17.8 Å². The molecule has 1 aromatic rings. The first-order valence-electron chi connectivity index (χ1n) is 7.22. The minimum Gasteiger partial charge on any atom is -0.392 e. The minimum absolute atomic E-state index is 0.0571. The molecule has 0 aliphatic rings. The van der Waals surface area contributed by atoms with Gasteiger partial charge in [-0.05, 0) is 28.5 Å². The van der Waals surface area contributed by atoms with Crippen LogP contribution in [0.3, 0.4) is 0 Å². The van der Waals surface area contributed by atoms with E-state index < -0.39 is 8.07 Å². The van der Waals surface area contributed by atoms with E-state index in [4.69, 9.17) is 0 Å². The Hall–Kier alpha value is -0.513. The topological polar surface area (TPSA) is 20.2 Å². The average Bonchev–Trinajstić information content (AvgIpc) is 2.32. The number of thioether (sulfide) groups is 1. The third-order valence-corrected chi connectivity index (χ3v) is 7.96. The molecule has 112 valence electrons. The minimum atomic E-state index is -1.38. The van der Waals surface area contributed by atoms with Crippen LogP contribution in [0.2, 0.25) is 19.6 Å². The van der Waals surface area contributed by atoms with Crippen LogP contribution in [0, 0.1) is 5.41 Å². The molecule has 0 heterocycles. The summed E-state index contributed by atoms with van der Waals surface area (Å²) >= 11 is 1.86. The first kappa shape index (κ1) is 17.5. The summed E-state index contributed by atoms with van der Waals surface area (Å²) in [4.78, 5) is 1.28. The standard InChI is InChI=1S/C17H28OSSi/c1-17(2,3)15(18)12-13-16(20(4,5)6)19-14-10-8-7-9-11-14/h7-11,13,15,18H,12H2,1-6H3/b16-13+. The van der Waals surface area contributed by atoms with Gasteiger partial charge in [0.2, 0.25) is 0 Å². The van der Waals surface area contributed by atoms with Crippen molar-refractivity contribution < 1.29 is 5.11 Å². The smallest absolute Gasteiger partial charge is 0.0857 e. The Bertz CT molecular complexity index is 440. The SMILES string of the molecule is CC(C)(C)C(O)C/C=C(\Sc1ccccc1)[Si](C)(C)C. The van der Waals surface area contributed by atoms with E-state index >= 15 is 0 Å². The van der Waals surface area contributed by atoms with E-state index in [1.165, 1.54) is 9.42 Å². The largest absolute Gasteiger partial charge is 0.392 e. The number of aliphatic hydroxyl groups is 1. The third kappa shape index (κ3) is 5.86. The van der Waals surface area contributed by atoms with Crippen molar-refractivity contribution in [1.29, 1.82) is 0 Å². The van der Waals surface area contributed by atoms with Gasteiger partial charge in [0.15, 0.2) is 0 Å². The molecule has 0 saturated heterocycles. The Kier molecular flexibility index (Phi) is 6.11. The third-order valence-electron chi connectivity index (χ3n) is 3.24. The zero-order valence-corrected chi connectivity index (χ0v) is 15.4. The zero-order valence-electron chi connectivity index (χ0n) is 13.6. The highest BCUT2D eigenvalue weighted by Gasteiger charge is 2.24. The fraction of sp³-hybridized carbons (Fsp3) is 0.529. The predicted molar refractivity (Wildman–Crippen MR) is 93.8 cm³/mol. The second kappa shape index (κ2) is 6.97. The van der Waals surface area contributed by atoms with Crippen molar-refractivity contribution in [3.05, 3.63) is 40.9 Å².